The minimum Gasteiger partial charge on any atom is -0.497 e. The summed E-state index contributed by atoms with van der Waals surface area (Å²) in [5, 5.41) is 0. The van der Waals surface area contributed by atoms with Gasteiger partial charge in [0.1, 0.15) is 11.8 Å². The standard InChI is InChI=1S/C23H29N5O8S2/c1-36-17-7-9-18(10-8-17)37(32,33)27-20(11-12-21(24)29)23(31)26-25-22(30)16-5-4-6-19(15-16)38(34,35)28-13-2-3-14-28/h4-10,15,20,27H,2-3,11-14H2,1H3,(H2,24,29)(H,25,30)(H,26,31)/t20-/m1/s1. The molecule has 206 valence electrons. The maximum absolute atomic E-state index is 12.8. The molecule has 0 unspecified atom stereocenters. The Balaban J connectivity index is 1.70. The number of carbonyl (C=O) groups excluding carboxylic acids is 3. The molecule has 15 heteroatoms. The lowest BCUT2D eigenvalue weighted by Crippen LogP contribution is -2.52. The molecule has 5 N–H and O–H groups in total. The highest BCUT2D eigenvalue weighted by molar-refractivity contribution is 7.89. The van der Waals surface area contributed by atoms with Crippen molar-refractivity contribution in [3.05, 3.63) is 54.1 Å². The Morgan fingerprint density at radius 2 is 1.63 bits per heavy atom. The SMILES string of the molecule is COc1ccc(S(=O)(=O)N[C@H](CCC(N)=O)C(=O)NNC(=O)c2cccc(S(=O)(=O)N3CCCC3)c2)cc1. The lowest BCUT2D eigenvalue weighted by molar-refractivity contribution is -0.124. The van der Waals surface area contributed by atoms with Crippen LogP contribution in [0.1, 0.15) is 36.0 Å². The second-order valence-corrected chi connectivity index (χ2v) is 12.1. The molecule has 0 radical (unpaired) electrons. The molecule has 1 heterocycles. The number of hydrogen-bond donors (Lipinski definition) is 4. The maximum atomic E-state index is 12.8. The molecule has 1 fully saturated rings. The van der Waals surface area contributed by atoms with E-state index in [2.05, 4.69) is 15.6 Å². The molecule has 0 aliphatic carbocycles. The number of nitrogens with zero attached hydrogens (tertiary/aromatic N) is 1. The Bertz CT molecular complexity index is 1390. The Morgan fingerprint density at radius 3 is 2.24 bits per heavy atom. The molecule has 3 amide bonds. The number of primary amides is 1. The fraction of sp³-hybridized carbons (Fsp3) is 0.348. The van der Waals surface area contributed by atoms with E-state index >= 15 is 0 Å². The van der Waals surface area contributed by atoms with Gasteiger partial charge in [-0.15, -0.1) is 0 Å². The second-order valence-electron chi connectivity index (χ2n) is 8.44. The van der Waals surface area contributed by atoms with E-state index < -0.39 is 43.8 Å². The number of sulfonamides is 2. The van der Waals surface area contributed by atoms with Crippen LogP contribution in [0.4, 0.5) is 0 Å². The molecule has 1 atom stereocenters. The zero-order valence-corrected chi connectivity index (χ0v) is 22.2. The molecular weight excluding hydrogens is 538 g/mol. The highest BCUT2D eigenvalue weighted by Crippen LogP contribution is 2.21. The summed E-state index contributed by atoms with van der Waals surface area (Å²) in [6, 6.07) is 9.25. The molecule has 3 rings (SSSR count). The predicted molar refractivity (Wildman–Crippen MR) is 136 cm³/mol. The lowest BCUT2D eigenvalue weighted by atomic mass is 10.1. The number of nitrogens with one attached hydrogen (secondary N) is 3. The van der Waals surface area contributed by atoms with Gasteiger partial charge in [0.2, 0.25) is 26.0 Å². The number of ether oxygens (including phenoxy) is 1. The summed E-state index contributed by atoms with van der Waals surface area (Å²) in [6.45, 7) is 0.794. The molecule has 1 aliphatic rings. The topological polar surface area (TPSA) is 194 Å². The van der Waals surface area contributed by atoms with Gasteiger partial charge in [-0.2, -0.15) is 9.03 Å². The van der Waals surface area contributed by atoms with Crippen LogP contribution < -0.4 is 26.0 Å². The van der Waals surface area contributed by atoms with E-state index in [9.17, 15) is 31.2 Å². The molecule has 38 heavy (non-hydrogen) atoms. The third-order valence-electron chi connectivity index (χ3n) is 5.76. The first kappa shape index (κ1) is 29.0. The first-order valence-corrected chi connectivity index (χ1v) is 14.5. The fourth-order valence-electron chi connectivity index (χ4n) is 3.69. The summed E-state index contributed by atoms with van der Waals surface area (Å²) < 4.78 is 59.7. The quantitative estimate of drug-likeness (QED) is 0.269. The van der Waals surface area contributed by atoms with Crippen LogP contribution in [0.3, 0.4) is 0 Å². The normalized spacial score (nSPS) is 15.0. The highest BCUT2D eigenvalue weighted by Gasteiger charge is 2.29. The van der Waals surface area contributed by atoms with Gasteiger partial charge in [0.15, 0.2) is 0 Å². The van der Waals surface area contributed by atoms with E-state index in [1.165, 1.54) is 59.9 Å². The number of methoxy groups -OCH3 is 1. The van der Waals surface area contributed by atoms with Gasteiger partial charge in [-0.25, -0.2) is 16.8 Å². The number of carbonyl (C=O) groups is 3. The largest absolute Gasteiger partial charge is 0.497 e. The lowest BCUT2D eigenvalue weighted by Gasteiger charge is -2.19. The summed E-state index contributed by atoms with van der Waals surface area (Å²) in [5.41, 5.74) is 9.37. The molecule has 2 aromatic rings. The van der Waals surface area contributed by atoms with Gasteiger partial charge < -0.3 is 10.5 Å². The van der Waals surface area contributed by atoms with E-state index in [1.807, 2.05) is 0 Å². The minimum absolute atomic E-state index is 0.0435. The van der Waals surface area contributed by atoms with Gasteiger partial charge >= 0.3 is 0 Å². The third kappa shape index (κ3) is 7.28. The first-order valence-electron chi connectivity index (χ1n) is 11.6. The van der Waals surface area contributed by atoms with Crippen molar-refractivity contribution in [3.8, 4) is 5.75 Å². The summed E-state index contributed by atoms with van der Waals surface area (Å²) in [4.78, 5) is 36.5. The monoisotopic (exact) mass is 567 g/mol. The van der Waals surface area contributed by atoms with Crippen molar-refractivity contribution >= 4 is 37.8 Å². The smallest absolute Gasteiger partial charge is 0.269 e. The van der Waals surface area contributed by atoms with Crippen LogP contribution >= 0.6 is 0 Å². The Morgan fingerprint density at radius 1 is 0.974 bits per heavy atom. The Labute approximate surface area is 220 Å². The van der Waals surface area contributed by atoms with Gasteiger partial charge in [-0.3, -0.25) is 25.2 Å². The molecule has 0 aromatic heterocycles. The summed E-state index contributed by atoms with van der Waals surface area (Å²) in [6.07, 6.45) is 0.915. The molecule has 0 bridgehead atoms. The number of benzene rings is 2. The molecule has 1 saturated heterocycles. The van der Waals surface area contributed by atoms with Crippen molar-refractivity contribution in [2.45, 2.75) is 41.5 Å². The minimum atomic E-state index is -4.20. The zero-order valence-electron chi connectivity index (χ0n) is 20.5. The van der Waals surface area contributed by atoms with Crippen molar-refractivity contribution < 1.29 is 36.0 Å². The van der Waals surface area contributed by atoms with E-state index in [0.29, 0.717) is 18.8 Å². The molecule has 2 aromatic carbocycles. The van der Waals surface area contributed by atoms with Gasteiger partial charge in [-0.05, 0) is 61.7 Å². The molecule has 0 saturated carbocycles. The van der Waals surface area contributed by atoms with Crippen LogP contribution in [0.5, 0.6) is 5.75 Å². The Hall–Kier alpha value is -3.53. The fourth-order valence-corrected chi connectivity index (χ4v) is 6.49. The van der Waals surface area contributed by atoms with Crippen molar-refractivity contribution in [1.82, 2.24) is 19.9 Å². The molecule has 0 spiro atoms. The molecule has 1 aliphatic heterocycles. The number of amides is 3. The number of hydrogen-bond acceptors (Lipinski definition) is 8. The summed E-state index contributed by atoms with van der Waals surface area (Å²) >= 11 is 0. The van der Waals surface area contributed by atoms with Gasteiger partial charge in [-0.1, -0.05) is 6.07 Å². The van der Waals surface area contributed by atoms with Crippen LogP contribution in [-0.2, 0) is 29.6 Å². The van der Waals surface area contributed by atoms with Crippen LogP contribution in [-0.4, -0.2) is 65.1 Å². The van der Waals surface area contributed by atoms with E-state index in [0.717, 1.165) is 12.8 Å². The predicted octanol–water partition coefficient (Wildman–Crippen LogP) is -0.147. The summed E-state index contributed by atoms with van der Waals surface area (Å²) in [7, 11) is -6.55. The van der Waals surface area contributed by atoms with Gasteiger partial charge in [0.05, 0.1) is 16.9 Å². The second kappa shape index (κ2) is 12.3. The average molecular weight is 568 g/mol. The van der Waals surface area contributed by atoms with Crippen molar-refractivity contribution in [3.63, 3.8) is 0 Å². The highest BCUT2D eigenvalue weighted by atomic mass is 32.2. The number of rotatable bonds is 11. The van der Waals surface area contributed by atoms with Crippen LogP contribution in [0.2, 0.25) is 0 Å². The van der Waals surface area contributed by atoms with Crippen LogP contribution in [0.15, 0.2) is 58.3 Å². The number of nitrogens with two attached hydrogens (primary N) is 1. The van der Waals surface area contributed by atoms with Gasteiger partial charge in [0.25, 0.3) is 11.8 Å². The van der Waals surface area contributed by atoms with Crippen molar-refractivity contribution in [2.75, 3.05) is 20.2 Å². The summed E-state index contributed by atoms with van der Waals surface area (Å²) in [5.74, 6) is -2.13. The van der Waals surface area contributed by atoms with Crippen LogP contribution in [0, 0.1) is 0 Å². The van der Waals surface area contributed by atoms with E-state index in [4.69, 9.17) is 10.5 Å². The third-order valence-corrected chi connectivity index (χ3v) is 9.14. The van der Waals surface area contributed by atoms with E-state index in [1.54, 1.807) is 0 Å². The van der Waals surface area contributed by atoms with Crippen molar-refractivity contribution in [1.29, 1.82) is 0 Å². The zero-order chi connectivity index (χ0) is 27.9. The maximum Gasteiger partial charge on any atom is 0.269 e. The van der Waals surface area contributed by atoms with Crippen molar-refractivity contribution in [2.24, 2.45) is 5.73 Å². The molecular formula is C23H29N5O8S2. The first-order chi connectivity index (χ1) is 17.9. The molecule has 13 nitrogen and oxygen atoms in total. The Kier molecular flexibility index (Phi) is 9.43. The average Bonchev–Trinajstić information content (AvgIpc) is 3.45. The van der Waals surface area contributed by atoms with Crippen LogP contribution in [0.25, 0.3) is 0 Å². The van der Waals surface area contributed by atoms with E-state index in [-0.39, 0.29) is 28.2 Å². The van der Waals surface area contributed by atoms with Gasteiger partial charge in [0, 0.05) is 25.1 Å². The number of hydrazine groups is 1.